The number of rotatable bonds is 4. The Hall–Kier alpha value is -0.760. The first kappa shape index (κ1) is 17.3. The predicted molar refractivity (Wildman–Crippen MR) is 68.3 cm³/mol. The number of halogens is 6. The third-order valence-electron chi connectivity index (χ3n) is 2.15. The highest BCUT2D eigenvalue weighted by atomic mass is 35.5. The fourth-order valence-corrected chi connectivity index (χ4v) is 1.89. The second-order valence-corrected chi connectivity index (χ2v) is 4.81. The number of aliphatic hydroxyl groups is 1. The van der Waals surface area contributed by atoms with E-state index in [1.165, 1.54) is 0 Å². The van der Waals surface area contributed by atoms with Crippen LogP contribution >= 0.6 is 34.8 Å². The summed E-state index contributed by atoms with van der Waals surface area (Å²) in [5.41, 5.74) is -0.459. The summed E-state index contributed by atoms with van der Waals surface area (Å²) in [6, 6.07) is 0. The van der Waals surface area contributed by atoms with Gasteiger partial charge in [-0.05, 0) is 0 Å². The molecule has 20 heavy (non-hydrogen) atoms. The Bertz CT molecular complexity index is 511. The van der Waals surface area contributed by atoms with Crippen molar-refractivity contribution in [3.05, 3.63) is 27.0 Å². The van der Waals surface area contributed by atoms with E-state index in [2.05, 4.69) is 4.98 Å². The number of aliphatic hydroxyl groups excluding tert-OH is 1. The van der Waals surface area contributed by atoms with Crippen LogP contribution < -0.4 is 0 Å². The summed E-state index contributed by atoms with van der Waals surface area (Å²) in [6.45, 7) is -2.69. The smallest absolute Gasteiger partial charge is 0.395 e. The molecule has 112 valence electrons. The number of hydrogen-bond donors (Lipinski definition) is 1. The van der Waals surface area contributed by atoms with Gasteiger partial charge in [0.2, 0.25) is 0 Å². The maximum Gasteiger partial charge on any atom is 0.406 e. The van der Waals surface area contributed by atoms with E-state index in [0.717, 1.165) is 6.20 Å². The largest absolute Gasteiger partial charge is 0.406 e. The lowest BCUT2D eigenvalue weighted by molar-refractivity contribution is -0.141. The standard InChI is InChI=1S/C10H8Cl3F3N2O2/c11-5-3-17-8(7(13)6(5)12)9(20)18(1-2-19)4-10(14,15)16/h3,19H,1-2,4H2. The lowest BCUT2D eigenvalue weighted by Crippen LogP contribution is -2.41. The van der Waals surface area contributed by atoms with Gasteiger partial charge in [0.25, 0.3) is 5.91 Å². The molecule has 0 aliphatic rings. The van der Waals surface area contributed by atoms with Crippen molar-refractivity contribution >= 4 is 40.7 Å². The second-order valence-electron chi connectivity index (χ2n) is 3.65. The fraction of sp³-hybridized carbons (Fsp3) is 0.400. The van der Waals surface area contributed by atoms with Crippen molar-refractivity contribution in [2.45, 2.75) is 6.18 Å². The first-order valence-electron chi connectivity index (χ1n) is 5.13. The highest BCUT2D eigenvalue weighted by Gasteiger charge is 2.34. The van der Waals surface area contributed by atoms with Crippen LogP contribution in [0.3, 0.4) is 0 Å². The summed E-state index contributed by atoms with van der Waals surface area (Å²) in [4.78, 5) is 15.9. The van der Waals surface area contributed by atoms with Crippen LogP contribution in [0.4, 0.5) is 13.2 Å². The molecular formula is C10H8Cl3F3N2O2. The molecule has 1 aromatic heterocycles. The van der Waals surface area contributed by atoms with Gasteiger partial charge in [0.15, 0.2) is 0 Å². The van der Waals surface area contributed by atoms with E-state index >= 15 is 0 Å². The quantitative estimate of drug-likeness (QED) is 0.907. The number of amides is 1. The Balaban J connectivity index is 3.10. The zero-order valence-electron chi connectivity index (χ0n) is 9.72. The van der Waals surface area contributed by atoms with Gasteiger partial charge in [0.05, 0.1) is 21.7 Å². The summed E-state index contributed by atoms with van der Waals surface area (Å²) >= 11 is 17.0. The zero-order chi connectivity index (χ0) is 15.5. The van der Waals surface area contributed by atoms with Crippen LogP contribution in [-0.4, -0.2) is 46.8 Å². The van der Waals surface area contributed by atoms with Gasteiger partial charge in [0, 0.05) is 12.7 Å². The van der Waals surface area contributed by atoms with E-state index in [0.29, 0.717) is 4.90 Å². The molecule has 1 amide bonds. The minimum absolute atomic E-state index is 0.0299. The van der Waals surface area contributed by atoms with Crippen molar-refractivity contribution in [1.82, 2.24) is 9.88 Å². The molecule has 1 N–H and O–H groups in total. The average Bonchev–Trinajstić information content (AvgIpc) is 2.33. The molecule has 0 aromatic carbocycles. The number of nitrogens with zero attached hydrogens (tertiary/aromatic N) is 2. The van der Waals surface area contributed by atoms with Gasteiger partial charge in [-0.1, -0.05) is 34.8 Å². The van der Waals surface area contributed by atoms with Crippen LogP contribution in [0.5, 0.6) is 0 Å². The third-order valence-corrected chi connectivity index (χ3v) is 3.39. The van der Waals surface area contributed by atoms with Gasteiger partial charge in [0.1, 0.15) is 12.2 Å². The van der Waals surface area contributed by atoms with Crippen molar-refractivity contribution in [2.24, 2.45) is 0 Å². The van der Waals surface area contributed by atoms with Crippen LogP contribution in [0.25, 0.3) is 0 Å². The number of carbonyl (C=O) groups excluding carboxylic acids is 1. The summed E-state index contributed by atoms with van der Waals surface area (Å²) < 4.78 is 37.1. The van der Waals surface area contributed by atoms with E-state index in [9.17, 15) is 18.0 Å². The van der Waals surface area contributed by atoms with Crippen molar-refractivity contribution in [3.63, 3.8) is 0 Å². The van der Waals surface area contributed by atoms with Crippen LogP contribution in [-0.2, 0) is 0 Å². The van der Waals surface area contributed by atoms with Crippen molar-refractivity contribution in [3.8, 4) is 0 Å². The molecule has 1 heterocycles. The molecule has 0 fully saturated rings. The molecule has 0 atom stereocenters. The molecule has 1 aromatic rings. The Labute approximate surface area is 127 Å². The number of pyridine rings is 1. The van der Waals surface area contributed by atoms with Crippen LogP contribution in [0.15, 0.2) is 6.20 Å². The summed E-state index contributed by atoms with van der Waals surface area (Å²) in [5, 5.41) is 8.19. The lowest BCUT2D eigenvalue weighted by atomic mass is 10.3. The van der Waals surface area contributed by atoms with E-state index in [1.807, 2.05) is 0 Å². The molecule has 0 unspecified atom stereocenters. The van der Waals surface area contributed by atoms with Crippen LogP contribution in [0.1, 0.15) is 10.5 Å². The number of hydrogen-bond acceptors (Lipinski definition) is 3. The normalized spacial score (nSPS) is 11.6. The molecule has 0 aliphatic carbocycles. The second kappa shape index (κ2) is 6.80. The average molecular weight is 352 g/mol. The van der Waals surface area contributed by atoms with Crippen molar-refractivity contribution < 1.29 is 23.1 Å². The maximum atomic E-state index is 12.4. The number of carbonyl (C=O) groups is 1. The van der Waals surface area contributed by atoms with E-state index in [4.69, 9.17) is 39.9 Å². The van der Waals surface area contributed by atoms with Gasteiger partial charge in [-0.15, -0.1) is 0 Å². The molecular weight excluding hydrogens is 343 g/mol. The third kappa shape index (κ3) is 4.37. The lowest BCUT2D eigenvalue weighted by Gasteiger charge is -2.23. The highest BCUT2D eigenvalue weighted by molar-refractivity contribution is 6.48. The zero-order valence-corrected chi connectivity index (χ0v) is 12.0. The summed E-state index contributed by atoms with van der Waals surface area (Å²) in [6.07, 6.45) is -3.61. The van der Waals surface area contributed by atoms with Gasteiger partial charge in [-0.3, -0.25) is 4.79 Å². The predicted octanol–water partition coefficient (Wildman–Crippen LogP) is 3.04. The molecule has 4 nitrogen and oxygen atoms in total. The molecule has 10 heteroatoms. The van der Waals surface area contributed by atoms with E-state index < -0.39 is 37.5 Å². The van der Waals surface area contributed by atoms with Gasteiger partial charge in [-0.25, -0.2) is 4.98 Å². The number of alkyl halides is 3. The van der Waals surface area contributed by atoms with Crippen LogP contribution in [0.2, 0.25) is 15.1 Å². The summed E-state index contributed by atoms with van der Waals surface area (Å²) in [5.74, 6) is -1.10. The summed E-state index contributed by atoms with van der Waals surface area (Å²) in [7, 11) is 0. The first-order chi connectivity index (χ1) is 9.17. The Morgan fingerprint density at radius 2 is 1.90 bits per heavy atom. The topological polar surface area (TPSA) is 53.4 Å². The van der Waals surface area contributed by atoms with Crippen molar-refractivity contribution in [2.75, 3.05) is 19.7 Å². The molecule has 0 saturated heterocycles. The molecule has 1 rings (SSSR count). The SMILES string of the molecule is O=C(c1ncc(Cl)c(Cl)c1Cl)N(CCO)CC(F)(F)F. The van der Waals surface area contributed by atoms with Crippen LogP contribution in [0, 0.1) is 0 Å². The Morgan fingerprint density at radius 1 is 1.30 bits per heavy atom. The van der Waals surface area contributed by atoms with E-state index in [1.54, 1.807) is 0 Å². The first-order valence-corrected chi connectivity index (χ1v) is 6.27. The fourth-order valence-electron chi connectivity index (χ4n) is 1.33. The van der Waals surface area contributed by atoms with Gasteiger partial charge in [-0.2, -0.15) is 13.2 Å². The molecule has 0 saturated carbocycles. The van der Waals surface area contributed by atoms with Crippen molar-refractivity contribution in [1.29, 1.82) is 0 Å². The molecule has 0 aliphatic heterocycles. The maximum absolute atomic E-state index is 12.4. The van der Waals surface area contributed by atoms with E-state index in [-0.39, 0.29) is 15.1 Å². The van der Waals surface area contributed by atoms with Gasteiger partial charge < -0.3 is 10.0 Å². The molecule has 0 bridgehead atoms. The Kier molecular flexibility index (Phi) is 5.88. The van der Waals surface area contributed by atoms with Gasteiger partial charge >= 0.3 is 6.18 Å². The monoisotopic (exact) mass is 350 g/mol. The number of aromatic nitrogens is 1. The molecule has 0 radical (unpaired) electrons. The Morgan fingerprint density at radius 3 is 2.40 bits per heavy atom. The molecule has 0 spiro atoms. The minimum Gasteiger partial charge on any atom is -0.395 e. The highest BCUT2D eigenvalue weighted by Crippen LogP contribution is 2.32. The minimum atomic E-state index is -4.62.